The fraction of sp³-hybridized carbons (Fsp3) is 0.625. The Kier molecular flexibility index (Phi) is 7.13. The Balaban J connectivity index is 0.000000811. The molecule has 1 N–H and O–H groups in total. The van der Waals surface area contributed by atoms with Crippen molar-refractivity contribution in [3.05, 3.63) is 34.9 Å². The van der Waals surface area contributed by atoms with Crippen molar-refractivity contribution in [1.29, 1.82) is 0 Å². The third-order valence-electron chi connectivity index (χ3n) is 3.50. The molecule has 1 aliphatic carbocycles. The van der Waals surface area contributed by atoms with E-state index in [2.05, 4.69) is 39.0 Å². The van der Waals surface area contributed by atoms with E-state index < -0.39 is 0 Å². The molecule has 0 atom stereocenters. The minimum atomic E-state index is 0. The Bertz CT molecular complexity index is 324. The molecule has 1 fully saturated rings. The zero-order chi connectivity index (χ0) is 12.1. The molecule has 17 heavy (non-hydrogen) atoms. The molecule has 1 nitrogen and oxygen atoms in total. The lowest BCUT2D eigenvalue weighted by Crippen LogP contribution is -2.09. The molecular weight excluding hydrogens is 208 g/mol. The minimum Gasteiger partial charge on any atom is -0.255 e. The molecule has 0 amide bonds. The van der Waals surface area contributed by atoms with Gasteiger partial charge in [-0.15, -0.1) is 0 Å². The Morgan fingerprint density at radius 2 is 1.71 bits per heavy atom. The molecule has 1 aromatic carbocycles. The summed E-state index contributed by atoms with van der Waals surface area (Å²) >= 11 is 0. The van der Waals surface area contributed by atoms with Crippen LogP contribution in [0.2, 0.25) is 0 Å². The van der Waals surface area contributed by atoms with Crippen LogP contribution in [0.5, 0.6) is 0 Å². The summed E-state index contributed by atoms with van der Waals surface area (Å²) in [7, 11) is 0. The topological polar surface area (TPSA) is 30.0 Å². The second kappa shape index (κ2) is 7.50. The van der Waals surface area contributed by atoms with Gasteiger partial charge in [0.15, 0.2) is 0 Å². The van der Waals surface area contributed by atoms with Gasteiger partial charge in [-0.3, -0.25) is 5.48 Å². The zero-order valence-electron chi connectivity index (χ0n) is 12.0. The molecular formula is C16H27O. The van der Waals surface area contributed by atoms with Crippen molar-refractivity contribution in [2.75, 3.05) is 0 Å². The van der Waals surface area contributed by atoms with Crippen LogP contribution < -0.4 is 0 Å². The highest BCUT2D eigenvalue weighted by Gasteiger charge is 2.20. The van der Waals surface area contributed by atoms with Gasteiger partial charge in [0.05, 0.1) is 0 Å². The third-order valence-corrected chi connectivity index (χ3v) is 3.50. The lowest BCUT2D eigenvalue weighted by Gasteiger charge is -2.27. The molecule has 0 bridgehead atoms. The number of aryl methyl sites for hydroxylation is 1. The van der Waals surface area contributed by atoms with Crippen molar-refractivity contribution in [3.8, 4) is 0 Å². The van der Waals surface area contributed by atoms with Crippen LogP contribution in [0.15, 0.2) is 18.2 Å². The predicted octanol–water partition coefficient (Wildman–Crippen LogP) is 5.24. The lowest BCUT2D eigenvalue weighted by atomic mass is 9.78. The highest BCUT2D eigenvalue weighted by atomic mass is 16.0. The molecule has 1 radical (unpaired) electrons. The van der Waals surface area contributed by atoms with Gasteiger partial charge in [-0.1, -0.05) is 52.3 Å². The molecule has 97 valence electrons. The van der Waals surface area contributed by atoms with Crippen molar-refractivity contribution in [2.24, 2.45) is 0 Å². The molecule has 0 heterocycles. The fourth-order valence-corrected chi connectivity index (χ4v) is 2.28. The molecule has 0 unspecified atom stereocenters. The maximum absolute atomic E-state index is 2.43. The molecule has 1 saturated carbocycles. The van der Waals surface area contributed by atoms with Crippen molar-refractivity contribution in [2.45, 2.75) is 65.7 Å². The van der Waals surface area contributed by atoms with Gasteiger partial charge in [-0.05, 0) is 48.3 Å². The van der Waals surface area contributed by atoms with Crippen molar-refractivity contribution in [3.63, 3.8) is 0 Å². The number of rotatable bonds is 2. The Hall–Kier alpha value is -0.820. The quantitative estimate of drug-likeness (QED) is 0.727. The first-order chi connectivity index (χ1) is 7.68. The first-order valence-electron chi connectivity index (χ1n) is 6.79. The summed E-state index contributed by atoms with van der Waals surface area (Å²) in [5.74, 6) is 1.53. The van der Waals surface area contributed by atoms with Gasteiger partial charge in [0.25, 0.3) is 0 Å². The van der Waals surface area contributed by atoms with Gasteiger partial charge in [0, 0.05) is 0 Å². The monoisotopic (exact) mass is 235 g/mol. The van der Waals surface area contributed by atoms with E-state index in [1.165, 1.54) is 30.4 Å². The number of hydrogen-bond acceptors (Lipinski definition) is 0. The van der Waals surface area contributed by atoms with E-state index in [0.29, 0.717) is 5.92 Å². The molecule has 0 spiro atoms. The van der Waals surface area contributed by atoms with Crippen molar-refractivity contribution in [1.82, 2.24) is 0 Å². The maximum atomic E-state index is 2.43. The van der Waals surface area contributed by atoms with Gasteiger partial charge >= 0.3 is 0 Å². The number of hydrogen-bond donors (Lipinski definition) is 1. The average molecular weight is 235 g/mol. The summed E-state index contributed by atoms with van der Waals surface area (Å²) in [6.07, 6.45) is 4.23. The Labute approximate surface area is 107 Å². The molecule has 0 saturated heterocycles. The highest BCUT2D eigenvalue weighted by Crippen LogP contribution is 2.37. The van der Waals surface area contributed by atoms with E-state index in [9.17, 15) is 0 Å². The van der Waals surface area contributed by atoms with Crippen LogP contribution >= 0.6 is 0 Å². The lowest BCUT2D eigenvalue weighted by molar-refractivity contribution is 0.419. The molecule has 2 rings (SSSR count). The van der Waals surface area contributed by atoms with Gasteiger partial charge in [-0.25, -0.2) is 0 Å². The fourth-order valence-electron chi connectivity index (χ4n) is 2.28. The first-order valence-corrected chi connectivity index (χ1v) is 6.79. The summed E-state index contributed by atoms with van der Waals surface area (Å²) in [4.78, 5) is 0. The minimum absolute atomic E-state index is 0. The van der Waals surface area contributed by atoms with Crippen LogP contribution in [-0.4, -0.2) is 5.48 Å². The van der Waals surface area contributed by atoms with Crippen LogP contribution in [-0.2, 0) is 0 Å². The van der Waals surface area contributed by atoms with Crippen LogP contribution in [0.25, 0.3) is 0 Å². The predicted molar refractivity (Wildman–Crippen MR) is 75.1 cm³/mol. The Morgan fingerprint density at radius 3 is 2.12 bits per heavy atom. The van der Waals surface area contributed by atoms with Crippen molar-refractivity contribution >= 4 is 0 Å². The molecule has 1 aliphatic rings. The van der Waals surface area contributed by atoms with E-state index in [-0.39, 0.29) is 5.48 Å². The van der Waals surface area contributed by atoms with Gasteiger partial charge < -0.3 is 0 Å². The summed E-state index contributed by atoms with van der Waals surface area (Å²) in [6.45, 7) is 10.8. The van der Waals surface area contributed by atoms with Crippen LogP contribution in [0.3, 0.4) is 0 Å². The largest absolute Gasteiger partial charge is 0.255 e. The number of benzene rings is 1. The summed E-state index contributed by atoms with van der Waals surface area (Å²) in [5, 5.41) is 0. The van der Waals surface area contributed by atoms with E-state index in [0.717, 1.165) is 5.92 Å². The second-order valence-corrected chi connectivity index (χ2v) is 4.90. The zero-order valence-corrected chi connectivity index (χ0v) is 12.0. The van der Waals surface area contributed by atoms with Crippen LogP contribution in [0.4, 0.5) is 0 Å². The Morgan fingerprint density at radius 1 is 1.12 bits per heavy atom. The van der Waals surface area contributed by atoms with Gasteiger partial charge in [0.1, 0.15) is 0 Å². The molecule has 1 heteroatoms. The smallest absolute Gasteiger partial charge is 0.0162 e. The second-order valence-electron chi connectivity index (χ2n) is 4.90. The summed E-state index contributed by atoms with van der Waals surface area (Å²) < 4.78 is 0. The summed E-state index contributed by atoms with van der Waals surface area (Å²) in [5.41, 5.74) is 4.56. The SMILES string of the molecule is CC.Cc1ccc(C2CCC2)cc1C(C)C.[OH]. The third kappa shape index (κ3) is 3.85. The van der Waals surface area contributed by atoms with Crippen molar-refractivity contribution < 1.29 is 5.48 Å². The molecule has 1 aromatic rings. The van der Waals surface area contributed by atoms with Gasteiger partial charge in [-0.2, -0.15) is 0 Å². The standard InChI is InChI=1S/C14H20.C2H6.HO/c1-10(2)14-9-13(8-7-11(14)3)12-5-4-6-12;1-2;/h7-10,12H,4-6H2,1-3H3;1-2H3;1H. The van der Waals surface area contributed by atoms with Gasteiger partial charge in [0.2, 0.25) is 0 Å². The normalized spacial score (nSPS) is 14.5. The molecule has 0 aromatic heterocycles. The summed E-state index contributed by atoms with van der Waals surface area (Å²) in [6, 6.07) is 7.05. The average Bonchev–Trinajstić information content (AvgIpc) is 2.21. The molecule has 0 aliphatic heterocycles. The maximum Gasteiger partial charge on any atom is -0.0162 e. The first kappa shape index (κ1) is 16.2. The van der Waals surface area contributed by atoms with Crippen LogP contribution in [0.1, 0.15) is 75.5 Å². The van der Waals surface area contributed by atoms with E-state index in [1.54, 1.807) is 5.56 Å². The van der Waals surface area contributed by atoms with E-state index in [1.807, 2.05) is 13.8 Å². The van der Waals surface area contributed by atoms with E-state index in [4.69, 9.17) is 0 Å². The van der Waals surface area contributed by atoms with E-state index >= 15 is 0 Å². The highest BCUT2D eigenvalue weighted by molar-refractivity contribution is 5.35. The van der Waals surface area contributed by atoms with Crippen LogP contribution in [0, 0.1) is 6.92 Å².